The molecule has 11 heteroatoms. The first-order valence-corrected chi connectivity index (χ1v) is 15.8. The Labute approximate surface area is 252 Å². The van der Waals surface area contributed by atoms with Crippen molar-refractivity contribution in [2.75, 3.05) is 38.1 Å². The van der Waals surface area contributed by atoms with Crippen molar-refractivity contribution in [1.29, 1.82) is 0 Å². The zero-order valence-corrected chi connectivity index (χ0v) is 25.2. The Kier molecular flexibility index (Phi) is 11.2. The Morgan fingerprint density at radius 3 is 1.98 bits per heavy atom. The number of rotatable bonds is 11. The molecule has 0 bridgehead atoms. The fraction of sp³-hybridized carbons (Fsp3) is 0.323. The van der Waals surface area contributed by atoms with Crippen molar-refractivity contribution in [1.82, 2.24) is 14.5 Å². The van der Waals surface area contributed by atoms with E-state index >= 15 is 0 Å². The van der Waals surface area contributed by atoms with Crippen molar-refractivity contribution >= 4 is 44.9 Å². The van der Waals surface area contributed by atoms with Gasteiger partial charge in [-0.2, -0.15) is 4.31 Å². The predicted octanol–water partition coefficient (Wildman–Crippen LogP) is 4.33. The lowest BCUT2D eigenvalue weighted by Crippen LogP contribution is -2.49. The molecule has 0 aliphatic carbocycles. The minimum absolute atomic E-state index is 0.0333. The number of nitrogens with zero attached hydrogens (tertiary/aromatic N) is 2. The first kappa shape index (κ1) is 31.3. The number of hydrogen-bond donors (Lipinski definition) is 2. The van der Waals surface area contributed by atoms with E-state index in [1.54, 1.807) is 12.1 Å². The highest BCUT2D eigenvalue weighted by Crippen LogP contribution is 2.30. The molecule has 1 saturated heterocycles. The summed E-state index contributed by atoms with van der Waals surface area (Å²) in [4.78, 5) is 26.2. The monoisotopic (exact) mass is 608 g/mol. The largest absolute Gasteiger partial charge is 0.466 e. The molecule has 0 spiro atoms. The van der Waals surface area contributed by atoms with Crippen molar-refractivity contribution in [3.8, 4) is 0 Å². The maximum absolute atomic E-state index is 13.4. The number of ether oxygens (including phenoxy) is 1. The van der Waals surface area contributed by atoms with Crippen LogP contribution in [0.3, 0.4) is 0 Å². The van der Waals surface area contributed by atoms with Crippen LogP contribution in [0.5, 0.6) is 0 Å². The van der Waals surface area contributed by atoms with Crippen LogP contribution in [-0.2, 0) is 24.3 Å². The Balaban J connectivity index is 1.32. The fourth-order valence-electron chi connectivity index (χ4n) is 4.80. The lowest BCUT2D eigenvalue weighted by molar-refractivity contribution is -0.144. The average Bonchev–Trinajstić information content (AvgIpc) is 3.00. The predicted molar refractivity (Wildman–Crippen MR) is 166 cm³/mol. The van der Waals surface area contributed by atoms with Crippen molar-refractivity contribution in [2.45, 2.75) is 37.1 Å². The molecule has 3 aromatic rings. The van der Waals surface area contributed by atoms with E-state index in [0.29, 0.717) is 44.9 Å². The molecule has 1 aliphatic rings. The van der Waals surface area contributed by atoms with Crippen LogP contribution < -0.4 is 10.6 Å². The highest BCUT2D eigenvalue weighted by molar-refractivity contribution is 7.89. The zero-order chi connectivity index (χ0) is 30.0. The number of amides is 1. The van der Waals surface area contributed by atoms with Crippen molar-refractivity contribution in [3.63, 3.8) is 0 Å². The number of esters is 1. The SMILES string of the molecule is CCCOC(=O)CCC(=O)NC(=S)Nc1ccc(S(=O)(=O)N2CCN(C(c3ccccc3)c3ccccc3)CC2)cc1. The van der Waals surface area contributed by atoms with Gasteiger partial charge in [-0.05, 0) is 54.0 Å². The lowest BCUT2D eigenvalue weighted by atomic mass is 9.96. The van der Waals surface area contributed by atoms with Gasteiger partial charge in [0.15, 0.2) is 5.11 Å². The molecule has 0 radical (unpaired) electrons. The third-order valence-electron chi connectivity index (χ3n) is 6.90. The molecule has 9 nitrogen and oxygen atoms in total. The van der Waals surface area contributed by atoms with Crippen LogP contribution in [-0.4, -0.2) is 67.4 Å². The molecule has 1 aliphatic heterocycles. The number of carbonyl (C=O) groups is 2. The number of benzene rings is 3. The summed E-state index contributed by atoms with van der Waals surface area (Å²) < 4.78 is 33.4. The molecule has 0 unspecified atom stereocenters. The van der Waals surface area contributed by atoms with Crippen LogP contribution in [0, 0.1) is 0 Å². The van der Waals surface area contributed by atoms with Crippen molar-refractivity contribution in [2.24, 2.45) is 0 Å². The third kappa shape index (κ3) is 8.45. The maximum atomic E-state index is 13.4. The molecule has 1 heterocycles. The van der Waals surface area contributed by atoms with Gasteiger partial charge in [0, 0.05) is 38.3 Å². The van der Waals surface area contributed by atoms with Crippen LogP contribution in [0.1, 0.15) is 43.4 Å². The standard InChI is InChI=1S/C31H36N4O5S2/c1-2-23-40-29(37)18-17-28(36)33-31(41)32-26-13-15-27(16-14-26)42(38,39)35-21-19-34(20-22-35)30(24-9-5-3-6-10-24)25-11-7-4-8-12-25/h3-16,30H,2,17-23H2,1H3,(H2,32,33,36,41). The molecule has 0 aromatic heterocycles. The van der Waals surface area contributed by atoms with E-state index in [0.717, 1.165) is 0 Å². The molecule has 3 aromatic carbocycles. The van der Waals surface area contributed by atoms with Crippen LogP contribution in [0.2, 0.25) is 0 Å². The van der Waals surface area contributed by atoms with Crippen LogP contribution in [0.4, 0.5) is 5.69 Å². The number of sulfonamides is 1. The van der Waals surface area contributed by atoms with Crippen LogP contribution in [0.25, 0.3) is 0 Å². The molecule has 42 heavy (non-hydrogen) atoms. The van der Waals surface area contributed by atoms with Crippen LogP contribution >= 0.6 is 12.2 Å². The Morgan fingerprint density at radius 2 is 1.43 bits per heavy atom. The van der Waals surface area contributed by atoms with E-state index in [1.807, 2.05) is 43.3 Å². The topological polar surface area (TPSA) is 108 Å². The van der Waals surface area contributed by atoms with E-state index in [9.17, 15) is 18.0 Å². The van der Waals surface area contributed by atoms with E-state index in [1.165, 1.54) is 27.6 Å². The summed E-state index contributed by atoms with van der Waals surface area (Å²) in [5.74, 6) is -0.850. The molecule has 2 N–H and O–H groups in total. The quantitative estimate of drug-likeness (QED) is 0.245. The van der Waals surface area contributed by atoms with Gasteiger partial charge >= 0.3 is 5.97 Å². The van der Waals surface area contributed by atoms with Gasteiger partial charge < -0.3 is 15.4 Å². The zero-order valence-electron chi connectivity index (χ0n) is 23.6. The molecule has 0 atom stereocenters. The summed E-state index contributed by atoms with van der Waals surface area (Å²) in [5, 5.41) is 5.44. The van der Waals surface area contributed by atoms with Gasteiger partial charge in [0.1, 0.15) is 0 Å². The average molecular weight is 609 g/mol. The molecule has 4 rings (SSSR count). The molecule has 0 saturated carbocycles. The number of thiocarbonyl (C=S) groups is 1. The highest BCUT2D eigenvalue weighted by Gasteiger charge is 2.32. The smallest absolute Gasteiger partial charge is 0.306 e. The number of piperazine rings is 1. The van der Waals surface area contributed by atoms with E-state index in [4.69, 9.17) is 17.0 Å². The summed E-state index contributed by atoms with van der Waals surface area (Å²) in [6.07, 6.45) is 0.632. The van der Waals surface area contributed by atoms with Gasteiger partial charge in [0.25, 0.3) is 0 Å². The van der Waals surface area contributed by atoms with Crippen molar-refractivity contribution in [3.05, 3.63) is 96.1 Å². The van der Waals surface area contributed by atoms with Crippen molar-refractivity contribution < 1.29 is 22.7 Å². The van der Waals surface area contributed by atoms with Gasteiger partial charge in [0.05, 0.1) is 24.0 Å². The van der Waals surface area contributed by atoms with Gasteiger partial charge in [0.2, 0.25) is 15.9 Å². The second kappa shape index (κ2) is 15.0. The second-order valence-corrected chi connectivity index (χ2v) is 12.3. The third-order valence-corrected chi connectivity index (χ3v) is 9.01. The molecule has 222 valence electrons. The molecular formula is C31H36N4O5S2. The maximum Gasteiger partial charge on any atom is 0.306 e. The number of nitrogens with one attached hydrogen (secondary N) is 2. The fourth-order valence-corrected chi connectivity index (χ4v) is 6.46. The Morgan fingerprint density at radius 1 is 0.857 bits per heavy atom. The Bertz CT molecular complexity index is 1400. The van der Waals surface area contributed by atoms with E-state index in [-0.39, 0.29) is 28.9 Å². The van der Waals surface area contributed by atoms with Crippen LogP contribution in [0.15, 0.2) is 89.8 Å². The first-order valence-electron chi connectivity index (χ1n) is 14.0. The summed E-state index contributed by atoms with van der Waals surface area (Å²) in [5.41, 5.74) is 2.87. The van der Waals surface area contributed by atoms with Gasteiger partial charge in [-0.3, -0.25) is 14.5 Å². The van der Waals surface area contributed by atoms with Gasteiger partial charge in [-0.25, -0.2) is 8.42 Å². The first-order chi connectivity index (χ1) is 20.3. The van der Waals surface area contributed by atoms with Gasteiger partial charge in [-0.1, -0.05) is 67.6 Å². The number of carbonyl (C=O) groups excluding carboxylic acids is 2. The molecule has 1 fully saturated rings. The second-order valence-electron chi connectivity index (χ2n) is 9.91. The Hall–Kier alpha value is -3.64. The van der Waals surface area contributed by atoms with E-state index < -0.39 is 21.9 Å². The number of hydrogen-bond acceptors (Lipinski definition) is 7. The summed E-state index contributed by atoms with van der Waals surface area (Å²) >= 11 is 5.18. The van der Waals surface area contributed by atoms with Gasteiger partial charge in [-0.15, -0.1) is 0 Å². The minimum Gasteiger partial charge on any atom is -0.466 e. The molecule has 1 amide bonds. The summed E-state index contributed by atoms with van der Waals surface area (Å²) in [7, 11) is -3.69. The normalized spacial score (nSPS) is 14.3. The highest BCUT2D eigenvalue weighted by atomic mass is 32.2. The summed E-state index contributed by atoms with van der Waals surface area (Å²) in [6.45, 7) is 4.16. The van der Waals surface area contributed by atoms with E-state index in [2.05, 4.69) is 39.8 Å². The number of anilines is 1. The summed E-state index contributed by atoms with van der Waals surface area (Å²) in [6, 6.07) is 26.8. The minimum atomic E-state index is -3.69. The lowest BCUT2D eigenvalue weighted by Gasteiger charge is -2.39. The molecular weight excluding hydrogens is 572 g/mol.